The highest BCUT2D eigenvalue weighted by atomic mass is 79.9. The second kappa shape index (κ2) is 6.24. The van der Waals surface area contributed by atoms with Gasteiger partial charge in [-0.1, -0.05) is 22.9 Å². The van der Waals surface area contributed by atoms with Crippen LogP contribution in [0.25, 0.3) is 0 Å². The number of hydrogen-bond donors (Lipinski definition) is 1. The second-order valence-electron chi connectivity index (χ2n) is 7.35. The van der Waals surface area contributed by atoms with Gasteiger partial charge in [-0.05, 0) is 61.3 Å². The average Bonchev–Trinajstić information content (AvgIpc) is 3.26. The molecule has 3 aliphatic rings. The number of likely N-dealkylation sites (tertiary alicyclic amines) is 1. The largest absolute Gasteiger partial charge is 0.324 e. The SMILES string of the molecule is CCc1cc(Br)ccc1NC(=O)CN1C(=O)[C@@H]2[C@H]3CC[C@@H](C3)[C@@H]2C1=O. The van der Waals surface area contributed by atoms with Gasteiger partial charge >= 0.3 is 0 Å². The number of aryl methyl sites for hydroxylation is 1. The highest BCUT2D eigenvalue weighted by Gasteiger charge is 2.60. The molecule has 1 heterocycles. The highest BCUT2D eigenvalue weighted by molar-refractivity contribution is 9.10. The first kappa shape index (κ1) is 16.8. The van der Waals surface area contributed by atoms with Gasteiger partial charge in [-0.25, -0.2) is 0 Å². The highest BCUT2D eigenvalue weighted by Crippen LogP contribution is 2.56. The molecular weight excluding hydrogens is 384 g/mol. The molecule has 25 heavy (non-hydrogen) atoms. The molecule has 5 nitrogen and oxygen atoms in total. The van der Waals surface area contributed by atoms with Crippen molar-refractivity contribution >= 4 is 39.3 Å². The Labute approximate surface area is 155 Å². The van der Waals surface area contributed by atoms with E-state index in [4.69, 9.17) is 0 Å². The van der Waals surface area contributed by atoms with Gasteiger partial charge < -0.3 is 5.32 Å². The number of nitrogens with zero attached hydrogens (tertiary/aromatic N) is 1. The summed E-state index contributed by atoms with van der Waals surface area (Å²) in [6.45, 7) is 1.84. The predicted molar refractivity (Wildman–Crippen MR) is 96.7 cm³/mol. The molecule has 1 aromatic carbocycles. The first-order valence-electron chi connectivity index (χ1n) is 8.93. The molecule has 3 fully saturated rings. The number of nitrogens with one attached hydrogen (secondary N) is 1. The number of halogens is 1. The lowest BCUT2D eigenvalue weighted by Crippen LogP contribution is -2.39. The van der Waals surface area contributed by atoms with Crippen LogP contribution in [0.3, 0.4) is 0 Å². The number of carbonyl (C=O) groups excluding carboxylic acids is 3. The molecule has 3 amide bonds. The fraction of sp³-hybridized carbons (Fsp3) is 0.526. The third-order valence-electron chi connectivity index (χ3n) is 6.04. The second-order valence-corrected chi connectivity index (χ2v) is 8.27. The van der Waals surface area contributed by atoms with Crippen molar-refractivity contribution in [1.82, 2.24) is 4.90 Å². The smallest absolute Gasteiger partial charge is 0.244 e. The lowest BCUT2D eigenvalue weighted by atomic mass is 9.81. The van der Waals surface area contributed by atoms with Crippen molar-refractivity contribution in [1.29, 1.82) is 0 Å². The van der Waals surface area contributed by atoms with E-state index in [1.807, 2.05) is 25.1 Å². The zero-order chi connectivity index (χ0) is 17.7. The molecule has 6 heteroatoms. The summed E-state index contributed by atoms with van der Waals surface area (Å²) in [5.74, 6) is -0.231. The van der Waals surface area contributed by atoms with E-state index < -0.39 is 0 Å². The van der Waals surface area contributed by atoms with Crippen molar-refractivity contribution < 1.29 is 14.4 Å². The summed E-state index contributed by atoms with van der Waals surface area (Å²) < 4.78 is 0.954. The van der Waals surface area contributed by atoms with Gasteiger partial charge in [0, 0.05) is 10.2 Å². The van der Waals surface area contributed by atoms with Crippen molar-refractivity contribution in [2.75, 3.05) is 11.9 Å². The predicted octanol–water partition coefficient (Wildman–Crippen LogP) is 2.98. The normalized spacial score (nSPS) is 30.1. The Balaban J connectivity index is 1.47. The molecule has 4 rings (SSSR count). The van der Waals surface area contributed by atoms with Crippen LogP contribution in [0.2, 0.25) is 0 Å². The molecule has 1 aromatic rings. The van der Waals surface area contributed by atoms with Gasteiger partial charge in [-0.15, -0.1) is 0 Å². The maximum absolute atomic E-state index is 12.7. The van der Waals surface area contributed by atoms with Crippen molar-refractivity contribution in [2.45, 2.75) is 32.6 Å². The van der Waals surface area contributed by atoms with E-state index in [1.54, 1.807) is 0 Å². The zero-order valence-electron chi connectivity index (χ0n) is 14.1. The Morgan fingerprint density at radius 3 is 2.44 bits per heavy atom. The van der Waals surface area contributed by atoms with E-state index in [-0.39, 0.29) is 36.1 Å². The van der Waals surface area contributed by atoms with Crippen LogP contribution in [0.5, 0.6) is 0 Å². The average molecular weight is 405 g/mol. The molecule has 4 atom stereocenters. The molecule has 0 aromatic heterocycles. The molecular formula is C19H21BrN2O3. The molecule has 0 unspecified atom stereocenters. The molecule has 2 aliphatic carbocycles. The van der Waals surface area contributed by atoms with E-state index in [9.17, 15) is 14.4 Å². The molecule has 1 saturated heterocycles. The Kier molecular flexibility index (Phi) is 4.18. The number of carbonyl (C=O) groups is 3. The Morgan fingerprint density at radius 1 is 1.20 bits per heavy atom. The fourth-order valence-corrected chi connectivity index (χ4v) is 5.34. The number of hydrogen-bond acceptors (Lipinski definition) is 3. The Hall–Kier alpha value is -1.69. The van der Waals surface area contributed by atoms with Crippen LogP contribution in [0.1, 0.15) is 31.7 Å². The van der Waals surface area contributed by atoms with Crippen LogP contribution in [0, 0.1) is 23.7 Å². The van der Waals surface area contributed by atoms with Crippen LogP contribution < -0.4 is 5.32 Å². The summed E-state index contributed by atoms with van der Waals surface area (Å²) in [6.07, 6.45) is 3.88. The van der Waals surface area contributed by atoms with Crippen molar-refractivity contribution in [3.8, 4) is 0 Å². The van der Waals surface area contributed by atoms with Gasteiger partial charge in [-0.2, -0.15) is 0 Å². The van der Waals surface area contributed by atoms with Crippen molar-refractivity contribution in [3.63, 3.8) is 0 Å². The van der Waals surface area contributed by atoms with Gasteiger partial charge in [0.2, 0.25) is 17.7 Å². The quantitative estimate of drug-likeness (QED) is 0.784. The van der Waals surface area contributed by atoms with Crippen LogP contribution in [0.15, 0.2) is 22.7 Å². The van der Waals surface area contributed by atoms with Crippen LogP contribution >= 0.6 is 15.9 Å². The summed E-state index contributed by atoms with van der Waals surface area (Å²) >= 11 is 3.42. The minimum atomic E-state index is -0.314. The van der Waals surface area contributed by atoms with E-state index in [0.29, 0.717) is 11.8 Å². The third-order valence-corrected chi connectivity index (χ3v) is 6.54. The van der Waals surface area contributed by atoms with E-state index in [1.165, 1.54) is 4.90 Å². The van der Waals surface area contributed by atoms with Crippen LogP contribution in [-0.2, 0) is 20.8 Å². The fourth-order valence-electron chi connectivity index (χ4n) is 4.94. The van der Waals surface area contributed by atoms with E-state index >= 15 is 0 Å². The zero-order valence-corrected chi connectivity index (χ0v) is 15.7. The number of imide groups is 1. The molecule has 1 aliphatic heterocycles. The lowest BCUT2D eigenvalue weighted by molar-refractivity contribution is -0.143. The number of fused-ring (bicyclic) bond motifs is 5. The number of rotatable bonds is 4. The topological polar surface area (TPSA) is 66.5 Å². The van der Waals surface area contributed by atoms with Gasteiger partial charge in [0.05, 0.1) is 11.8 Å². The van der Waals surface area contributed by atoms with Crippen LogP contribution in [-0.4, -0.2) is 29.2 Å². The Bertz CT molecular complexity index is 735. The van der Waals surface area contributed by atoms with Gasteiger partial charge in [-0.3, -0.25) is 19.3 Å². The van der Waals surface area contributed by atoms with Crippen molar-refractivity contribution in [2.24, 2.45) is 23.7 Å². The third kappa shape index (κ3) is 2.71. The standard InChI is InChI=1S/C19H21BrN2O3/c1-2-10-8-13(20)5-6-14(10)21-15(23)9-22-18(24)16-11-3-4-12(7-11)17(16)19(22)25/h5-6,8,11-12,16-17H,2-4,7,9H2,1H3,(H,21,23)/t11-,12-,16-,17+/m0/s1. The van der Waals surface area contributed by atoms with Gasteiger partial charge in [0.15, 0.2) is 0 Å². The molecule has 1 N–H and O–H groups in total. The Morgan fingerprint density at radius 2 is 1.84 bits per heavy atom. The van der Waals surface area contributed by atoms with E-state index in [2.05, 4.69) is 21.2 Å². The lowest BCUT2D eigenvalue weighted by Gasteiger charge is -2.19. The van der Waals surface area contributed by atoms with E-state index in [0.717, 1.165) is 41.4 Å². The van der Waals surface area contributed by atoms with Gasteiger partial charge in [0.1, 0.15) is 6.54 Å². The number of anilines is 1. The van der Waals surface area contributed by atoms with Crippen LogP contribution in [0.4, 0.5) is 5.69 Å². The summed E-state index contributed by atoms with van der Waals surface area (Å²) in [5, 5.41) is 2.85. The molecule has 0 radical (unpaired) electrons. The number of amides is 3. The molecule has 2 saturated carbocycles. The minimum absolute atomic E-state index is 0.135. The van der Waals surface area contributed by atoms with Gasteiger partial charge in [0.25, 0.3) is 0 Å². The molecule has 132 valence electrons. The summed E-state index contributed by atoms with van der Waals surface area (Å²) in [7, 11) is 0. The molecule has 2 bridgehead atoms. The first-order valence-corrected chi connectivity index (χ1v) is 9.72. The summed E-state index contributed by atoms with van der Waals surface area (Å²) in [5.41, 5.74) is 1.74. The van der Waals surface area contributed by atoms with Crippen molar-refractivity contribution in [3.05, 3.63) is 28.2 Å². The maximum Gasteiger partial charge on any atom is 0.244 e. The summed E-state index contributed by atoms with van der Waals surface area (Å²) in [4.78, 5) is 39.0. The number of benzene rings is 1. The monoisotopic (exact) mass is 404 g/mol. The first-order chi connectivity index (χ1) is 12.0. The molecule has 0 spiro atoms. The minimum Gasteiger partial charge on any atom is -0.324 e. The summed E-state index contributed by atoms with van der Waals surface area (Å²) in [6, 6.07) is 5.66. The maximum atomic E-state index is 12.7.